The first kappa shape index (κ1) is 58.7. The minimum absolute atomic E-state index is 0.0770. The molecule has 0 aromatic heterocycles. The molecule has 0 aromatic rings. The van der Waals surface area contributed by atoms with Gasteiger partial charge in [0, 0.05) is 12.8 Å². The molecule has 0 aliphatic rings. The van der Waals surface area contributed by atoms with Crippen LogP contribution in [0.1, 0.15) is 123 Å². The van der Waals surface area contributed by atoms with Gasteiger partial charge in [-0.05, 0) is 83.5 Å². The fourth-order valence-corrected chi connectivity index (χ4v) is 6.07. The van der Waals surface area contributed by atoms with Gasteiger partial charge >= 0.3 is 27.6 Å². The van der Waals surface area contributed by atoms with Crippen molar-refractivity contribution >= 4 is 27.6 Å². The second-order valence-corrected chi connectivity index (χ2v) is 16.7. The van der Waals surface area contributed by atoms with E-state index in [9.17, 15) is 33.8 Å². The molecule has 0 rings (SSSR count). The lowest BCUT2D eigenvalue weighted by molar-refractivity contribution is -0.161. The predicted octanol–water partition coefficient (Wildman–Crippen LogP) is 10.1. The van der Waals surface area contributed by atoms with Crippen LogP contribution in [-0.4, -0.2) is 81.6 Å². The third-order valence-electron chi connectivity index (χ3n) is 8.30. The molecule has 0 aliphatic carbocycles. The lowest BCUT2D eigenvalue weighted by Crippen LogP contribution is -2.30. The van der Waals surface area contributed by atoms with Crippen molar-refractivity contribution in [3.05, 3.63) is 109 Å². The summed E-state index contributed by atoms with van der Waals surface area (Å²) >= 11 is 0. The van der Waals surface area contributed by atoms with E-state index < -0.39 is 72.3 Å². The van der Waals surface area contributed by atoms with Crippen LogP contribution in [0.25, 0.3) is 0 Å². The van der Waals surface area contributed by atoms with Crippen LogP contribution >= 0.6 is 15.6 Å². The lowest BCUT2D eigenvalue weighted by atomic mass is 10.1. The van der Waals surface area contributed by atoms with Crippen molar-refractivity contribution in [2.75, 3.05) is 26.4 Å². The number of carbonyl (C=O) groups is 2. The Balaban J connectivity index is 4.70. The molecule has 0 spiro atoms. The first-order valence-electron chi connectivity index (χ1n) is 21.7. The van der Waals surface area contributed by atoms with E-state index in [1.165, 1.54) is 0 Å². The molecule has 16 heteroatoms. The molecule has 0 heterocycles. The van der Waals surface area contributed by atoms with Crippen molar-refractivity contribution in [2.24, 2.45) is 0 Å². The number of carbonyl (C=O) groups excluding carboxylic acids is 2. The molecule has 14 nitrogen and oxygen atoms in total. The number of phosphoric ester groups is 2. The number of rotatable bonds is 39. The quantitative estimate of drug-likeness (QED) is 0.0128. The zero-order valence-corrected chi connectivity index (χ0v) is 38.6. The molecule has 62 heavy (non-hydrogen) atoms. The van der Waals surface area contributed by atoms with Crippen LogP contribution in [0.3, 0.4) is 0 Å². The Morgan fingerprint density at radius 3 is 1.58 bits per heavy atom. The van der Waals surface area contributed by atoms with Gasteiger partial charge < -0.3 is 34.4 Å². The van der Waals surface area contributed by atoms with Crippen LogP contribution in [0.5, 0.6) is 0 Å². The van der Waals surface area contributed by atoms with Gasteiger partial charge in [-0.3, -0.25) is 23.2 Å². The van der Waals surface area contributed by atoms with E-state index in [-0.39, 0.29) is 12.8 Å². The molecule has 5 N–H and O–H groups in total. The number of hydrogen-bond acceptors (Lipinski definition) is 11. The van der Waals surface area contributed by atoms with E-state index in [0.717, 1.165) is 70.6 Å². The summed E-state index contributed by atoms with van der Waals surface area (Å²) in [6.45, 7) is 1.19. The minimum atomic E-state index is -4.88. The van der Waals surface area contributed by atoms with Crippen molar-refractivity contribution < 1.29 is 66.7 Å². The third kappa shape index (κ3) is 43.4. The Kier molecular flexibility index (Phi) is 38.4. The second kappa shape index (κ2) is 40.5. The Morgan fingerprint density at radius 2 is 1.02 bits per heavy atom. The molecule has 0 amide bonds. The number of hydrogen-bond donors (Lipinski definition) is 5. The fourth-order valence-electron chi connectivity index (χ4n) is 4.91. The molecule has 4 atom stereocenters. The minimum Gasteiger partial charge on any atom is -0.462 e. The molecule has 1 unspecified atom stereocenters. The summed E-state index contributed by atoms with van der Waals surface area (Å²) in [5.74, 6) is -1.16. The van der Waals surface area contributed by atoms with Gasteiger partial charge in [-0.2, -0.15) is 0 Å². The molecule has 0 saturated carbocycles. The molecule has 0 saturated heterocycles. The smallest absolute Gasteiger partial charge is 0.462 e. The van der Waals surface area contributed by atoms with Crippen LogP contribution in [0.15, 0.2) is 109 Å². The highest BCUT2D eigenvalue weighted by Gasteiger charge is 2.28. The highest BCUT2D eigenvalue weighted by atomic mass is 31.2. The third-order valence-corrected chi connectivity index (χ3v) is 9.74. The fraction of sp³-hybridized carbons (Fsp3) is 0.565. The molecular weight excluding hydrogens is 838 g/mol. The lowest BCUT2D eigenvalue weighted by Gasteiger charge is -2.20. The van der Waals surface area contributed by atoms with Crippen LogP contribution in [0, 0.1) is 0 Å². The standard InChI is InChI=1S/C46H74O14P2/c1-3-5-6-7-8-9-10-11-12-13-14-19-22-25-28-31-34-37-46(50)60-44(41-59-62(54,55)58-39-43(48)38-57-61(51,52)53)40-56-45(49)36-33-30-27-24-21-18-16-15-17-20-23-26-29-32-35-42(47)4-2/h5-6,8-9,11-12,14,16-20,24,26-27,29,32,35,42-44,47-48H,3-4,7,10,13,15,21-23,25,28,30-31,33-34,36-41H2,1-2H3,(H,54,55)(H2,51,52,53)/b6-5-,9-8-,12-11-,18-16-,19-14-,20-17-,27-24-,29-26-,35-32+/t42-,43-,44+/m0/s1. The van der Waals surface area contributed by atoms with Crippen LogP contribution in [0.4, 0.5) is 0 Å². The Hall–Kier alpha value is -3.26. The van der Waals surface area contributed by atoms with Gasteiger partial charge in [-0.1, -0.05) is 136 Å². The SMILES string of the molecule is CC/C=C\C/C=C\C/C=C\C/C=C\CCCCCCC(=O)O[C@H](COC(=O)CCC/C=C\C/C=C\C/C=C\C/C=C\C=C\[C@@H](O)CC)COP(=O)(O)OC[C@@H](O)COP(=O)(O)O. The monoisotopic (exact) mass is 912 g/mol. The molecule has 0 aliphatic heterocycles. The summed E-state index contributed by atoms with van der Waals surface area (Å²) in [4.78, 5) is 52.7. The topological polar surface area (TPSA) is 216 Å². The van der Waals surface area contributed by atoms with Gasteiger partial charge in [0.25, 0.3) is 0 Å². The predicted molar refractivity (Wildman–Crippen MR) is 245 cm³/mol. The number of aliphatic hydroxyl groups is 2. The number of phosphoric acid groups is 2. The van der Waals surface area contributed by atoms with Crippen molar-refractivity contribution in [2.45, 2.75) is 141 Å². The summed E-state index contributed by atoms with van der Waals surface area (Å²) in [5.41, 5.74) is 0. The highest BCUT2D eigenvalue weighted by molar-refractivity contribution is 7.47. The first-order valence-corrected chi connectivity index (χ1v) is 24.7. The largest absolute Gasteiger partial charge is 0.472 e. The summed E-state index contributed by atoms with van der Waals surface area (Å²) < 4.78 is 47.7. The number of aliphatic hydroxyl groups excluding tert-OH is 2. The average Bonchev–Trinajstić information content (AvgIpc) is 3.23. The maximum absolute atomic E-state index is 12.7. The van der Waals surface area contributed by atoms with E-state index in [0.29, 0.717) is 25.7 Å². The second-order valence-electron chi connectivity index (χ2n) is 14.1. The van der Waals surface area contributed by atoms with E-state index in [1.54, 1.807) is 6.08 Å². The van der Waals surface area contributed by atoms with E-state index in [1.807, 2.05) is 37.3 Å². The number of unbranched alkanes of at least 4 members (excludes halogenated alkanes) is 5. The highest BCUT2D eigenvalue weighted by Crippen LogP contribution is 2.43. The molecule has 0 aromatic carbocycles. The zero-order valence-electron chi connectivity index (χ0n) is 36.8. The number of esters is 2. The van der Waals surface area contributed by atoms with E-state index in [4.69, 9.17) is 23.8 Å². The Bertz CT molecular complexity index is 1520. The van der Waals surface area contributed by atoms with Gasteiger partial charge in [-0.25, -0.2) is 9.13 Å². The maximum atomic E-state index is 12.7. The molecular formula is C46H74O14P2. The van der Waals surface area contributed by atoms with Gasteiger partial charge in [-0.15, -0.1) is 0 Å². The van der Waals surface area contributed by atoms with Crippen LogP contribution < -0.4 is 0 Å². The first-order chi connectivity index (χ1) is 29.8. The summed E-state index contributed by atoms with van der Waals surface area (Å²) in [7, 11) is -9.72. The van der Waals surface area contributed by atoms with Crippen molar-refractivity contribution in [3.8, 4) is 0 Å². The molecule has 352 valence electrons. The zero-order chi connectivity index (χ0) is 46.0. The van der Waals surface area contributed by atoms with Gasteiger partial charge in [0.2, 0.25) is 0 Å². The van der Waals surface area contributed by atoms with Crippen molar-refractivity contribution in [3.63, 3.8) is 0 Å². The van der Waals surface area contributed by atoms with Gasteiger partial charge in [0.15, 0.2) is 6.10 Å². The average molecular weight is 913 g/mol. The molecule has 0 radical (unpaired) electrons. The van der Waals surface area contributed by atoms with Crippen LogP contribution in [-0.2, 0) is 41.8 Å². The van der Waals surface area contributed by atoms with Gasteiger partial charge in [0.05, 0.1) is 25.9 Å². The summed E-state index contributed by atoms with van der Waals surface area (Å²) in [5, 5.41) is 19.2. The van der Waals surface area contributed by atoms with E-state index in [2.05, 4.69) is 88.9 Å². The Labute approximate surface area is 370 Å². The van der Waals surface area contributed by atoms with Crippen molar-refractivity contribution in [1.29, 1.82) is 0 Å². The summed E-state index contributed by atoms with van der Waals surface area (Å²) in [6.07, 6.45) is 46.1. The maximum Gasteiger partial charge on any atom is 0.472 e. The molecule has 0 fully saturated rings. The van der Waals surface area contributed by atoms with Crippen LogP contribution in [0.2, 0.25) is 0 Å². The number of ether oxygens (including phenoxy) is 2. The Morgan fingerprint density at radius 1 is 0.532 bits per heavy atom. The summed E-state index contributed by atoms with van der Waals surface area (Å²) in [6, 6.07) is 0. The molecule has 0 bridgehead atoms. The number of allylic oxidation sites excluding steroid dienone is 17. The van der Waals surface area contributed by atoms with E-state index >= 15 is 0 Å². The van der Waals surface area contributed by atoms with Crippen molar-refractivity contribution in [1.82, 2.24) is 0 Å². The van der Waals surface area contributed by atoms with Gasteiger partial charge in [0.1, 0.15) is 12.7 Å². The normalized spacial score (nSPS) is 15.5.